The first kappa shape index (κ1) is 18.7. The van der Waals surface area contributed by atoms with Crippen LogP contribution in [-0.4, -0.2) is 48.1 Å². The molecule has 0 radical (unpaired) electrons. The zero-order chi connectivity index (χ0) is 19.3. The quantitative estimate of drug-likeness (QED) is 0.865. The molecule has 6 heteroatoms. The number of piperidine rings is 1. The molecule has 6 nitrogen and oxygen atoms in total. The molecule has 2 fully saturated rings. The average molecular weight is 380 g/mol. The molecule has 0 bridgehead atoms. The maximum Gasteiger partial charge on any atom is 0.239 e. The smallest absolute Gasteiger partial charge is 0.239 e. The van der Waals surface area contributed by atoms with E-state index in [9.17, 15) is 4.79 Å². The number of carbonyl (C=O) groups excluding carboxylic acids is 1. The number of aryl methyl sites for hydroxylation is 1. The second-order valence-electron chi connectivity index (χ2n) is 7.75. The largest absolute Gasteiger partial charge is 0.350 e. The minimum Gasteiger partial charge on any atom is -0.350 e. The molecule has 1 atom stereocenters. The van der Waals surface area contributed by atoms with Crippen molar-refractivity contribution in [2.45, 2.75) is 45.1 Å². The summed E-state index contributed by atoms with van der Waals surface area (Å²) in [6, 6.07) is 12.5. The van der Waals surface area contributed by atoms with Gasteiger partial charge in [-0.15, -0.1) is 0 Å². The molecule has 3 heterocycles. The van der Waals surface area contributed by atoms with E-state index in [-0.39, 0.29) is 11.9 Å². The van der Waals surface area contributed by atoms with E-state index in [1.807, 2.05) is 24.3 Å². The number of amides is 1. The molecule has 1 N–H and O–H groups in total. The van der Waals surface area contributed by atoms with Gasteiger partial charge in [0.15, 0.2) is 0 Å². The van der Waals surface area contributed by atoms with E-state index >= 15 is 0 Å². The van der Waals surface area contributed by atoms with Gasteiger partial charge in [0.05, 0.1) is 12.6 Å². The second kappa shape index (κ2) is 8.59. The van der Waals surface area contributed by atoms with Crippen LogP contribution in [0.1, 0.15) is 37.4 Å². The summed E-state index contributed by atoms with van der Waals surface area (Å²) in [6.07, 6.45) is 5.36. The molecule has 148 valence electrons. The Labute approximate surface area is 167 Å². The Balaban J connectivity index is 1.55. The summed E-state index contributed by atoms with van der Waals surface area (Å²) in [5.41, 5.74) is 2.27. The number of carbonyl (C=O) groups is 1. The van der Waals surface area contributed by atoms with Crippen LogP contribution >= 0.6 is 0 Å². The highest BCUT2D eigenvalue weighted by Gasteiger charge is 2.27. The molecular formula is C22H29N5O. The third-order valence-electron chi connectivity index (χ3n) is 5.54. The third-order valence-corrected chi connectivity index (χ3v) is 5.54. The van der Waals surface area contributed by atoms with Crippen LogP contribution in [0.4, 0.5) is 11.8 Å². The van der Waals surface area contributed by atoms with Gasteiger partial charge in [-0.1, -0.05) is 37.3 Å². The minimum absolute atomic E-state index is 0.0587. The Hall–Kier alpha value is -2.63. The summed E-state index contributed by atoms with van der Waals surface area (Å²) in [5, 5.41) is 3.14. The highest BCUT2D eigenvalue weighted by Crippen LogP contribution is 2.22. The highest BCUT2D eigenvalue weighted by atomic mass is 16.2. The van der Waals surface area contributed by atoms with Gasteiger partial charge in [0.2, 0.25) is 11.9 Å². The van der Waals surface area contributed by atoms with Gasteiger partial charge in [-0.05, 0) is 37.7 Å². The lowest BCUT2D eigenvalue weighted by atomic mass is 10.0. The summed E-state index contributed by atoms with van der Waals surface area (Å²) in [6.45, 7) is 5.27. The van der Waals surface area contributed by atoms with E-state index in [4.69, 9.17) is 9.97 Å². The molecule has 0 saturated carbocycles. The van der Waals surface area contributed by atoms with Crippen LogP contribution in [0.5, 0.6) is 0 Å². The standard InChI is InChI=1S/C22H29N5O/c1-2-18-14-20(25-22(24-18)26-11-7-4-8-12-26)27-15-19(23-21(28)16-27)13-17-9-5-3-6-10-17/h3,5-6,9-10,14,19H,2,4,7-8,11-13,15-16H2,1H3,(H,23,28). The van der Waals surface area contributed by atoms with Gasteiger partial charge in [-0.2, -0.15) is 4.98 Å². The van der Waals surface area contributed by atoms with Gasteiger partial charge >= 0.3 is 0 Å². The fraction of sp³-hybridized carbons (Fsp3) is 0.500. The first-order chi connectivity index (χ1) is 13.7. The van der Waals surface area contributed by atoms with Crippen molar-refractivity contribution in [3.63, 3.8) is 0 Å². The lowest BCUT2D eigenvalue weighted by Crippen LogP contribution is -2.55. The molecule has 1 unspecified atom stereocenters. The van der Waals surface area contributed by atoms with E-state index < -0.39 is 0 Å². The highest BCUT2D eigenvalue weighted by molar-refractivity contribution is 5.82. The fourth-order valence-electron chi connectivity index (χ4n) is 4.06. The molecule has 2 aliphatic rings. The Kier molecular flexibility index (Phi) is 5.74. The van der Waals surface area contributed by atoms with Crippen molar-refractivity contribution in [2.75, 3.05) is 36.0 Å². The van der Waals surface area contributed by atoms with Crippen LogP contribution in [0.2, 0.25) is 0 Å². The van der Waals surface area contributed by atoms with Crippen LogP contribution in [0.25, 0.3) is 0 Å². The van der Waals surface area contributed by atoms with Crippen LogP contribution < -0.4 is 15.1 Å². The van der Waals surface area contributed by atoms with Crippen molar-refractivity contribution < 1.29 is 4.79 Å². The number of nitrogens with zero attached hydrogens (tertiary/aromatic N) is 4. The predicted molar refractivity (Wildman–Crippen MR) is 112 cm³/mol. The average Bonchev–Trinajstić information content (AvgIpc) is 2.74. The van der Waals surface area contributed by atoms with Crippen molar-refractivity contribution >= 4 is 17.7 Å². The van der Waals surface area contributed by atoms with Gasteiger partial charge in [-0.25, -0.2) is 4.98 Å². The molecule has 0 spiro atoms. The van der Waals surface area contributed by atoms with Crippen LogP contribution in [0.3, 0.4) is 0 Å². The molecule has 2 saturated heterocycles. The van der Waals surface area contributed by atoms with Crippen molar-refractivity contribution in [2.24, 2.45) is 0 Å². The van der Waals surface area contributed by atoms with Gasteiger partial charge in [0.1, 0.15) is 5.82 Å². The molecule has 0 aliphatic carbocycles. The number of hydrogen-bond acceptors (Lipinski definition) is 5. The first-order valence-electron chi connectivity index (χ1n) is 10.4. The molecule has 4 rings (SSSR count). The summed E-state index contributed by atoms with van der Waals surface area (Å²) in [5.74, 6) is 1.75. The zero-order valence-corrected chi connectivity index (χ0v) is 16.6. The van der Waals surface area contributed by atoms with Gasteiger partial charge in [0.25, 0.3) is 0 Å². The monoisotopic (exact) mass is 379 g/mol. The third kappa shape index (κ3) is 4.43. The van der Waals surface area contributed by atoms with E-state index in [0.29, 0.717) is 6.54 Å². The lowest BCUT2D eigenvalue weighted by molar-refractivity contribution is -0.121. The van der Waals surface area contributed by atoms with E-state index in [1.54, 1.807) is 0 Å². The van der Waals surface area contributed by atoms with Gasteiger partial charge in [0, 0.05) is 31.4 Å². The molecule has 28 heavy (non-hydrogen) atoms. The zero-order valence-electron chi connectivity index (χ0n) is 16.6. The minimum atomic E-state index is 0.0587. The molecule has 2 aromatic rings. The van der Waals surface area contributed by atoms with Gasteiger partial charge in [-0.3, -0.25) is 4.79 Å². The van der Waals surface area contributed by atoms with E-state index in [1.165, 1.54) is 24.8 Å². The molecule has 1 aromatic heterocycles. The van der Waals surface area contributed by atoms with Crippen molar-refractivity contribution in [1.29, 1.82) is 0 Å². The number of nitrogens with one attached hydrogen (secondary N) is 1. The van der Waals surface area contributed by atoms with Crippen LogP contribution in [0.15, 0.2) is 36.4 Å². The van der Waals surface area contributed by atoms with E-state index in [0.717, 1.165) is 49.9 Å². The number of rotatable bonds is 5. The maximum atomic E-state index is 12.4. The van der Waals surface area contributed by atoms with Crippen molar-refractivity contribution in [3.8, 4) is 0 Å². The topological polar surface area (TPSA) is 61.4 Å². The second-order valence-corrected chi connectivity index (χ2v) is 7.75. The Morgan fingerprint density at radius 2 is 1.86 bits per heavy atom. The summed E-state index contributed by atoms with van der Waals surface area (Å²) in [4.78, 5) is 26.4. The maximum absolute atomic E-state index is 12.4. The Morgan fingerprint density at radius 3 is 2.61 bits per heavy atom. The van der Waals surface area contributed by atoms with Crippen molar-refractivity contribution in [3.05, 3.63) is 47.7 Å². The number of piperazine rings is 1. The normalized spacial score (nSPS) is 20.2. The summed E-state index contributed by atoms with van der Waals surface area (Å²) >= 11 is 0. The predicted octanol–water partition coefficient (Wildman–Crippen LogP) is 2.58. The number of hydrogen-bond donors (Lipinski definition) is 1. The Bertz CT molecular complexity index is 804. The SMILES string of the molecule is CCc1cc(N2CC(=O)NC(Cc3ccccc3)C2)nc(N2CCCCC2)n1. The van der Waals surface area contributed by atoms with Gasteiger partial charge < -0.3 is 15.1 Å². The number of benzene rings is 1. The lowest BCUT2D eigenvalue weighted by Gasteiger charge is -2.35. The first-order valence-corrected chi connectivity index (χ1v) is 10.4. The van der Waals surface area contributed by atoms with Crippen LogP contribution in [-0.2, 0) is 17.6 Å². The molecular weight excluding hydrogens is 350 g/mol. The molecule has 1 aromatic carbocycles. The fourth-order valence-corrected chi connectivity index (χ4v) is 4.06. The summed E-state index contributed by atoms with van der Waals surface area (Å²) in [7, 11) is 0. The number of anilines is 2. The Morgan fingerprint density at radius 1 is 1.07 bits per heavy atom. The molecule has 2 aliphatic heterocycles. The van der Waals surface area contributed by atoms with E-state index in [2.05, 4.69) is 34.2 Å². The summed E-state index contributed by atoms with van der Waals surface area (Å²) < 4.78 is 0. The molecule has 1 amide bonds. The van der Waals surface area contributed by atoms with Crippen molar-refractivity contribution in [1.82, 2.24) is 15.3 Å². The van der Waals surface area contributed by atoms with Crippen LogP contribution in [0, 0.1) is 0 Å². The number of aromatic nitrogens is 2.